The first-order valence-electron chi connectivity index (χ1n) is 8.17. The summed E-state index contributed by atoms with van der Waals surface area (Å²) in [6.07, 6.45) is 5.48. The van der Waals surface area contributed by atoms with Crippen LogP contribution in [-0.2, 0) is 14.3 Å². The molecule has 1 N–H and O–H groups in total. The van der Waals surface area contributed by atoms with E-state index in [0.29, 0.717) is 18.8 Å². The summed E-state index contributed by atoms with van der Waals surface area (Å²) < 4.78 is 11.1. The Bertz CT molecular complexity index is 353. The van der Waals surface area contributed by atoms with Crippen LogP contribution < -0.4 is 0 Å². The first kappa shape index (κ1) is 18.0. The maximum absolute atomic E-state index is 12.3. The van der Waals surface area contributed by atoms with E-state index < -0.39 is 11.5 Å². The molecule has 1 saturated carbocycles. The molecule has 1 aliphatic rings. The number of carbonyl (C=O) groups is 1. The molecule has 0 aromatic heterocycles. The average molecular weight is 298 g/mol. The van der Waals surface area contributed by atoms with Gasteiger partial charge in [-0.05, 0) is 39.5 Å². The van der Waals surface area contributed by atoms with Crippen LogP contribution in [0, 0.1) is 5.41 Å². The van der Waals surface area contributed by atoms with Gasteiger partial charge in [0, 0.05) is 0 Å². The van der Waals surface area contributed by atoms with Crippen molar-refractivity contribution in [1.82, 2.24) is 0 Å². The Morgan fingerprint density at radius 3 is 2.57 bits per heavy atom. The fraction of sp³-hybridized carbons (Fsp3) is 0.824. The van der Waals surface area contributed by atoms with E-state index in [1.54, 1.807) is 6.92 Å². The van der Waals surface area contributed by atoms with E-state index in [4.69, 9.17) is 9.47 Å². The monoisotopic (exact) mass is 298 g/mol. The minimum Gasteiger partial charge on any atom is -0.491 e. The smallest absolute Gasteiger partial charge is 0.319 e. The van der Waals surface area contributed by atoms with Gasteiger partial charge in [0.2, 0.25) is 0 Å². The minimum absolute atomic E-state index is 0.248. The highest BCUT2D eigenvalue weighted by molar-refractivity contribution is 5.79. The highest BCUT2D eigenvalue weighted by Crippen LogP contribution is 2.36. The summed E-state index contributed by atoms with van der Waals surface area (Å²) in [7, 11) is 0. The maximum atomic E-state index is 12.3. The van der Waals surface area contributed by atoms with E-state index in [1.165, 1.54) is 0 Å². The molecular weight excluding hydrogens is 268 g/mol. The molecule has 0 saturated heterocycles. The number of aliphatic hydroxyl groups excluding tert-OH is 1. The lowest BCUT2D eigenvalue weighted by Crippen LogP contribution is -2.38. The van der Waals surface area contributed by atoms with Crippen LogP contribution in [0.5, 0.6) is 0 Å². The molecule has 4 nitrogen and oxygen atoms in total. The number of unbranched alkanes of at least 4 members (excludes halogenated alkanes) is 1. The molecule has 0 unspecified atom stereocenters. The van der Waals surface area contributed by atoms with Crippen molar-refractivity contribution in [3.05, 3.63) is 12.3 Å². The van der Waals surface area contributed by atoms with Crippen molar-refractivity contribution in [2.75, 3.05) is 6.61 Å². The predicted octanol–water partition coefficient (Wildman–Crippen LogP) is 3.58. The number of rotatable bonds is 8. The molecule has 1 fully saturated rings. The second-order valence-corrected chi connectivity index (χ2v) is 6.09. The largest absolute Gasteiger partial charge is 0.491 e. The van der Waals surface area contributed by atoms with Crippen molar-refractivity contribution < 1.29 is 19.4 Å². The number of hydrogen-bond donors (Lipinski definition) is 1. The van der Waals surface area contributed by atoms with Crippen LogP contribution in [0.3, 0.4) is 0 Å². The highest BCUT2D eigenvalue weighted by Gasteiger charge is 2.40. The van der Waals surface area contributed by atoms with E-state index in [0.717, 1.165) is 38.5 Å². The van der Waals surface area contributed by atoms with Gasteiger partial charge in [-0.3, -0.25) is 4.79 Å². The van der Waals surface area contributed by atoms with E-state index >= 15 is 0 Å². The average Bonchev–Trinajstić information content (AvgIpc) is 2.47. The molecule has 21 heavy (non-hydrogen) atoms. The topological polar surface area (TPSA) is 55.8 Å². The van der Waals surface area contributed by atoms with Crippen LogP contribution in [0.1, 0.15) is 65.7 Å². The van der Waals surface area contributed by atoms with Gasteiger partial charge in [-0.15, -0.1) is 0 Å². The van der Waals surface area contributed by atoms with Gasteiger partial charge in [-0.1, -0.05) is 32.8 Å². The summed E-state index contributed by atoms with van der Waals surface area (Å²) in [6, 6.07) is 0. The van der Waals surface area contributed by atoms with E-state index in [1.807, 2.05) is 6.92 Å². The van der Waals surface area contributed by atoms with E-state index in [2.05, 4.69) is 13.5 Å². The molecular formula is C17H30O4. The Hall–Kier alpha value is -1.03. The van der Waals surface area contributed by atoms with Gasteiger partial charge in [0.1, 0.15) is 17.3 Å². The molecule has 1 rings (SSSR count). The fourth-order valence-corrected chi connectivity index (χ4v) is 2.70. The lowest BCUT2D eigenvalue weighted by molar-refractivity contribution is -0.156. The summed E-state index contributed by atoms with van der Waals surface area (Å²) in [6.45, 7) is 10.0. The maximum Gasteiger partial charge on any atom is 0.319 e. The Kier molecular flexibility index (Phi) is 7.23. The summed E-state index contributed by atoms with van der Waals surface area (Å²) in [5, 5.41) is 10.0. The van der Waals surface area contributed by atoms with Crippen LogP contribution in [-0.4, -0.2) is 29.9 Å². The third kappa shape index (κ3) is 4.73. The highest BCUT2D eigenvalue weighted by atomic mass is 16.5. The Balaban J connectivity index is 2.76. The SMILES string of the molecule is C=C(O[C@H]1CCCC[C@@H]1O)[C@](C)(CCCC)C(=O)OCC. The predicted molar refractivity (Wildman–Crippen MR) is 82.8 cm³/mol. The molecule has 1 aliphatic carbocycles. The number of carbonyl (C=O) groups excluding carboxylic acids is 1. The Morgan fingerprint density at radius 1 is 1.33 bits per heavy atom. The van der Waals surface area contributed by atoms with Gasteiger partial charge in [-0.2, -0.15) is 0 Å². The van der Waals surface area contributed by atoms with E-state index in [9.17, 15) is 9.90 Å². The van der Waals surface area contributed by atoms with E-state index in [-0.39, 0.29) is 12.1 Å². The normalized spacial score (nSPS) is 25.0. The first-order valence-corrected chi connectivity index (χ1v) is 8.17. The standard InChI is InChI=1S/C17H30O4/c1-5-7-12-17(4,16(19)20-6-2)13(3)21-15-11-9-8-10-14(15)18/h14-15,18H,3,5-12H2,1-2,4H3/t14-,15-,17-/m0/s1. The van der Waals surface area contributed by atoms with Crippen LogP contribution >= 0.6 is 0 Å². The van der Waals surface area contributed by atoms with Crippen LogP contribution in [0.4, 0.5) is 0 Å². The molecule has 0 amide bonds. The quantitative estimate of drug-likeness (QED) is 0.549. The number of aliphatic hydroxyl groups is 1. The molecule has 3 atom stereocenters. The summed E-state index contributed by atoms with van der Waals surface area (Å²) >= 11 is 0. The molecule has 0 aromatic carbocycles. The van der Waals surface area contributed by atoms with Crippen molar-refractivity contribution in [2.45, 2.75) is 77.9 Å². The van der Waals surface area contributed by atoms with Crippen LogP contribution in [0.2, 0.25) is 0 Å². The van der Waals surface area contributed by atoms with Crippen molar-refractivity contribution >= 4 is 5.97 Å². The van der Waals surface area contributed by atoms with Gasteiger partial charge in [-0.25, -0.2) is 0 Å². The van der Waals surface area contributed by atoms with Crippen LogP contribution in [0.15, 0.2) is 12.3 Å². The zero-order valence-corrected chi connectivity index (χ0v) is 13.7. The molecule has 0 heterocycles. The second kappa shape index (κ2) is 8.42. The van der Waals surface area contributed by atoms with Gasteiger partial charge in [0.15, 0.2) is 0 Å². The Labute approximate surface area is 128 Å². The van der Waals surface area contributed by atoms with Crippen molar-refractivity contribution in [1.29, 1.82) is 0 Å². The summed E-state index contributed by atoms with van der Waals surface area (Å²) in [5.41, 5.74) is -0.830. The zero-order chi connectivity index (χ0) is 15.9. The Morgan fingerprint density at radius 2 is 2.00 bits per heavy atom. The molecule has 0 spiro atoms. The second-order valence-electron chi connectivity index (χ2n) is 6.09. The molecule has 0 aliphatic heterocycles. The molecule has 0 aromatic rings. The minimum atomic E-state index is -0.830. The van der Waals surface area contributed by atoms with Gasteiger partial charge < -0.3 is 14.6 Å². The lowest BCUT2D eigenvalue weighted by Gasteiger charge is -2.35. The van der Waals surface area contributed by atoms with Crippen molar-refractivity contribution in [3.63, 3.8) is 0 Å². The number of ether oxygens (including phenoxy) is 2. The van der Waals surface area contributed by atoms with Crippen molar-refractivity contribution in [2.24, 2.45) is 5.41 Å². The van der Waals surface area contributed by atoms with Gasteiger partial charge in [0.05, 0.1) is 12.7 Å². The number of hydrogen-bond acceptors (Lipinski definition) is 4. The van der Waals surface area contributed by atoms with Gasteiger partial charge in [0.25, 0.3) is 0 Å². The first-order chi connectivity index (χ1) is 9.95. The van der Waals surface area contributed by atoms with Crippen LogP contribution in [0.25, 0.3) is 0 Å². The molecule has 4 heteroatoms. The third-order valence-corrected chi connectivity index (χ3v) is 4.33. The molecule has 0 radical (unpaired) electrons. The fourth-order valence-electron chi connectivity index (χ4n) is 2.70. The summed E-state index contributed by atoms with van der Waals surface area (Å²) in [4.78, 5) is 12.3. The molecule has 0 bridgehead atoms. The summed E-state index contributed by atoms with van der Waals surface area (Å²) in [5.74, 6) is 0.147. The number of esters is 1. The van der Waals surface area contributed by atoms with Gasteiger partial charge >= 0.3 is 5.97 Å². The zero-order valence-electron chi connectivity index (χ0n) is 13.7. The van der Waals surface area contributed by atoms with Crippen molar-refractivity contribution in [3.8, 4) is 0 Å². The third-order valence-electron chi connectivity index (χ3n) is 4.33. The molecule has 122 valence electrons. The lowest BCUT2D eigenvalue weighted by atomic mass is 9.82.